The molecule has 0 spiro atoms. The summed E-state index contributed by atoms with van der Waals surface area (Å²) < 4.78 is 9.30. The summed E-state index contributed by atoms with van der Waals surface area (Å²) in [6, 6.07) is -0.191. The normalized spacial score (nSPS) is 10.6. The molecule has 0 rings (SSSR count). The summed E-state index contributed by atoms with van der Waals surface area (Å²) >= 11 is 5.16. The van der Waals surface area contributed by atoms with Crippen molar-refractivity contribution in [2.24, 2.45) is 0 Å². The highest BCUT2D eigenvalue weighted by atomic mass is 35.5. The molecule has 0 saturated carbocycles. The van der Waals surface area contributed by atoms with Crippen molar-refractivity contribution in [2.45, 2.75) is 25.9 Å². The van der Waals surface area contributed by atoms with E-state index < -0.39 is 11.8 Å². The zero-order chi connectivity index (χ0) is 9.61. The minimum absolute atomic E-state index is 0.191. The van der Waals surface area contributed by atoms with Gasteiger partial charge in [-0.15, -0.1) is 6.58 Å². The Hall–Kier alpha value is -0.700. The number of hydrogen-bond donors (Lipinski definition) is 0. The lowest BCUT2D eigenvalue weighted by atomic mass is 10.1. The van der Waals surface area contributed by atoms with E-state index in [0.29, 0.717) is 6.42 Å². The van der Waals surface area contributed by atoms with Crippen LogP contribution in [0.25, 0.3) is 0 Å². The van der Waals surface area contributed by atoms with Crippen LogP contribution < -0.4 is 0 Å². The van der Waals surface area contributed by atoms with Gasteiger partial charge in [-0.2, -0.15) is 0 Å². The molecule has 0 aromatic carbocycles. The average Bonchev–Trinajstić information content (AvgIpc) is 1.85. The molecule has 12 heavy (non-hydrogen) atoms. The number of rotatable bonds is 4. The molecule has 3 nitrogen and oxygen atoms in total. The average molecular weight is 193 g/mol. The van der Waals surface area contributed by atoms with Gasteiger partial charge in [0.2, 0.25) is 0 Å². The molecule has 0 heterocycles. The van der Waals surface area contributed by atoms with E-state index in [1.807, 2.05) is 0 Å². The number of carbonyl (C=O) groups is 1. The van der Waals surface area contributed by atoms with Crippen molar-refractivity contribution in [2.75, 3.05) is 6.07 Å². The largest absolute Gasteiger partial charge is 0.510 e. The van der Waals surface area contributed by atoms with Gasteiger partial charge in [0.1, 0.15) is 5.60 Å². The lowest BCUT2D eigenvalue weighted by Gasteiger charge is -2.22. The van der Waals surface area contributed by atoms with Crippen LogP contribution in [0.4, 0.5) is 4.79 Å². The van der Waals surface area contributed by atoms with Crippen molar-refractivity contribution >= 4 is 17.8 Å². The van der Waals surface area contributed by atoms with Crippen molar-refractivity contribution in [1.29, 1.82) is 0 Å². The van der Waals surface area contributed by atoms with Crippen molar-refractivity contribution < 1.29 is 14.3 Å². The fraction of sp³-hybridized carbons (Fsp3) is 0.625. The van der Waals surface area contributed by atoms with E-state index in [1.165, 1.54) is 0 Å². The molecule has 70 valence electrons. The summed E-state index contributed by atoms with van der Waals surface area (Å²) in [5, 5.41) is 0. The first-order valence-electron chi connectivity index (χ1n) is 3.54. The molecule has 0 aliphatic carbocycles. The smallest absolute Gasteiger partial charge is 0.428 e. The summed E-state index contributed by atoms with van der Waals surface area (Å²) in [4.78, 5) is 10.8. The number of alkyl halides is 1. The van der Waals surface area contributed by atoms with Gasteiger partial charge in [-0.05, 0) is 13.8 Å². The molecular weight excluding hydrogens is 180 g/mol. The Kier molecular flexibility index (Phi) is 4.74. The lowest BCUT2D eigenvalue weighted by Crippen LogP contribution is -2.27. The Morgan fingerprint density at radius 2 is 2.25 bits per heavy atom. The van der Waals surface area contributed by atoms with Crippen LogP contribution >= 0.6 is 11.6 Å². The van der Waals surface area contributed by atoms with Crippen LogP contribution in [0.15, 0.2) is 12.7 Å². The molecule has 0 fully saturated rings. The zero-order valence-corrected chi connectivity index (χ0v) is 8.06. The fourth-order valence-corrected chi connectivity index (χ4v) is 0.778. The number of halogens is 1. The highest BCUT2D eigenvalue weighted by Crippen LogP contribution is 2.15. The maximum atomic E-state index is 10.8. The minimum Gasteiger partial charge on any atom is -0.428 e. The molecule has 0 aromatic heterocycles. The van der Waals surface area contributed by atoms with Crippen LogP contribution in [-0.4, -0.2) is 17.8 Å². The SMILES string of the molecule is C=CCC(C)(C)OC(=O)OCCl. The third kappa shape index (κ3) is 5.02. The Balaban J connectivity index is 3.87. The highest BCUT2D eigenvalue weighted by Gasteiger charge is 2.21. The Bertz CT molecular complexity index is 166. The van der Waals surface area contributed by atoms with Crippen LogP contribution in [0, 0.1) is 0 Å². The Morgan fingerprint density at radius 3 is 2.67 bits per heavy atom. The van der Waals surface area contributed by atoms with Crippen molar-refractivity contribution in [3.8, 4) is 0 Å². The first-order chi connectivity index (χ1) is 5.52. The van der Waals surface area contributed by atoms with Crippen LogP contribution in [-0.2, 0) is 9.47 Å². The minimum atomic E-state index is -0.753. The van der Waals surface area contributed by atoms with Crippen LogP contribution in [0.5, 0.6) is 0 Å². The predicted molar refractivity (Wildman–Crippen MR) is 47.2 cm³/mol. The Labute approximate surface area is 77.3 Å². The third-order valence-corrected chi connectivity index (χ3v) is 1.28. The fourth-order valence-electron chi connectivity index (χ4n) is 0.689. The molecule has 0 atom stereocenters. The molecule has 0 aromatic rings. The van der Waals surface area contributed by atoms with E-state index in [1.54, 1.807) is 19.9 Å². The molecule has 0 aliphatic heterocycles. The van der Waals surface area contributed by atoms with Gasteiger partial charge in [0.25, 0.3) is 0 Å². The summed E-state index contributed by atoms with van der Waals surface area (Å²) in [5.74, 6) is 0. The van der Waals surface area contributed by atoms with Crippen LogP contribution in [0.1, 0.15) is 20.3 Å². The molecule has 0 bridgehead atoms. The highest BCUT2D eigenvalue weighted by molar-refractivity contribution is 6.17. The molecule has 4 heteroatoms. The van der Waals surface area contributed by atoms with Crippen molar-refractivity contribution in [3.63, 3.8) is 0 Å². The summed E-state index contributed by atoms with van der Waals surface area (Å²) in [6.07, 6.45) is 1.50. The first kappa shape index (κ1) is 11.3. The summed E-state index contributed by atoms with van der Waals surface area (Å²) in [5.41, 5.74) is -0.578. The lowest BCUT2D eigenvalue weighted by molar-refractivity contribution is -0.00783. The predicted octanol–water partition coefficient (Wildman–Crippen LogP) is 2.69. The molecule has 0 aliphatic rings. The summed E-state index contributed by atoms with van der Waals surface area (Å²) in [7, 11) is 0. The first-order valence-corrected chi connectivity index (χ1v) is 4.08. The molecule has 0 N–H and O–H groups in total. The second kappa shape index (κ2) is 5.04. The van der Waals surface area contributed by atoms with Gasteiger partial charge in [-0.3, -0.25) is 0 Å². The van der Waals surface area contributed by atoms with Gasteiger partial charge in [0.05, 0.1) is 0 Å². The molecule has 0 unspecified atom stereocenters. The van der Waals surface area contributed by atoms with Gasteiger partial charge in [-0.25, -0.2) is 4.79 Å². The molecular formula is C8H13ClO3. The standard InChI is InChI=1S/C8H13ClO3/c1-4-5-8(2,3)12-7(10)11-6-9/h4H,1,5-6H2,2-3H3. The second-order valence-electron chi connectivity index (χ2n) is 2.86. The second-order valence-corrected chi connectivity index (χ2v) is 3.08. The quantitative estimate of drug-likeness (QED) is 0.390. The number of ether oxygens (including phenoxy) is 2. The van der Waals surface area contributed by atoms with Crippen molar-refractivity contribution in [1.82, 2.24) is 0 Å². The van der Waals surface area contributed by atoms with Crippen LogP contribution in [0.3, 0.4) is 0 Å². The monoisotopic (exact) mass is 192 g/mol. The number of hydrogen-bond acceptors (Lipinski definition) is 3. The third-order valence-electron chi connectivity index (χ3n) is 1.17. The van der Waals surface area contributed by atoms with Crippen LogP contribution in [0.2, 0.25) is 0 Å². The molecule has 0 amide bonds. The van der Waals surface area contributed by atoms with Gasteiger partial charge in [0, 0.05) is 6.42 Å². The van der Waals surface area contributed by atoms with Crippen molar-refractivity contribution in [3.05, 3.63) is 12.7 Å². The maximum absolute atomic E-state index is 10.8. The van der Waals surface area contributed by atoms with E-state index in [2.05, 4.69) is 11.3 Å². The van der Waals surface area contributed by atoms with E-state index in [-0.39, 0.29) is 6.07 Å². The van der Waals surface area contributed by atoms with Gasteiger partial charge < -0.3 is 9.47 Å². The molecule has 0 radical (unpaired) electrons. The van der Waals surface area contributed by atoms with E-state index in [9.17, 15) is 4.79 Å². The Morgan fingerprint density at radius 1 is 1.67 bits per heavy atom. The van der Waals surface area contributed by atoms with E-state index in [0.717, 1.165) is 0 Å². The number of carbonyl (C=O) groups excluding carboxylic acids is 1. The summed E-state index contributed by atoms with van der Waals surface area (Å²) in [6.45, 7) is 7.08. The van der Waals surface area contributed by atoms with E-state index >= 15 is 0 Å². The van der Waals surface area contributed by atoms with Gasteiger partial charge >= 0.3 is 6.16 Å². The maximum Gasteiger partial charge on any atom is 0.510 e. The van der Waals surface area contributed by atoms with E-state index in [4.69, 9.17) is 16.3 Å². The molecule has 0 saturated heterocycles. The van der Waals surface area contributed by atoms with Gasteiger partial charge in [0.15, 0.2) is 6.07 Å². The van der Waals surface area contributed by atoms with Gasteiger partial charge in [-0.1, -0.05) is 17.7 Å². The zero-order valence-electron chi connectivity index (χ0n) is 7.30. The topological polar surface area (TPSA) is 35.5 Å².